The molecule has 2 N–H and O–H groups in total. The van der Waals surface area contributed by atoms with Gasteiger partial charge in [-0.3, -0.25) is 9.59 Å². The quantitative estimate of drug-likeness (QED) is 0.371. The zero-order valence-corrected chi connectivity index (χ0v) is 21.3. The van der Waals surface area contributed by atoms with Crippen molar-refractivity contribution in [3.8, 4) is 0 Å². The van der Waals surface area contributed by atoms with E-state index in [4.69, 9.17) is 0 Å². The van der Waals surface area contributed by atoms with Gasteiger partial charge in [0.15, 0.2) is 5.78 Å². The molecule has 1 amide bonds. The maximum Gasteiger partial charge on any atom is 0.254 e. The molecule has 0 aromatic heterocycles. The van der Waals surface area contributed by atoms with E-state index in [0.29, 0.717) is 29.7 Å². The maximum absolute atomic E-state index is 14.4. The number of nitrogens with one attached hydrogen (secondary N) is 2. The number of carbonyl (C=O) groups is 2. The molecule has 2 aliphatic rings. The lowest BCUT2D eigenvalue weighted by molar-refractivity contribution is -0.116. The Morgan fingerprint density at radius 1 is 0.973 bits per heavy atom. The fraction of sp³-hybridized carbons (Fsp3) is 0.200. The summed E-state index contributed by atoms with van der Waals surface area (Å²) in [5, 5.41) is 5.92. The monoisotopic (exact) mass is 516 g/mol. The lowest BCUT2D eigenvalue weighted by Crippen LogP contribution is -2.37. The first-order valence-electron chi connectivity index (χ1n) is 12.0. The number of hydrogen-bond donors (Lipinski definition) is 2. The van der Waals surface area contributed by atoms with Crippen LogP contribution in [0.15, 0.2) is 100 Å². The van der Waals surface area contributed by atoms with Crippen molar-refractivity contribution in [2.45, 2.75) is 36.5 Å². The van der Waals surface area contributed by atoms with Crippen molar-refractivity contribution >= 4 is 29.1 Å². The molecule has 2 atom stereocenters. The van der Waals surface area contributed by atoms with Crippen LogP contribution < -0.4 is 10.6 Å². The van der Waals surface area contributed by atoms with E-state index in [-0.39, 0.29) is 17.4 Å². The van der Waals surface area contributed by atoms with E-state index < -0.39 is 23.5 Å². The number of Topliss-reactive ketones (excluding diaryl/α,β-unsaturated/α-hetero) is 1. The highest BCUT2D eigenvalue weighted by Crippen LogP contribution is 2.46. The van der Waals surface area contributed by atoms with E-state index in [1.165, 1.54) is 6.07 Å². The van der Waals surface area contributed by atoms with Crippen molar-refractivity contribution in [3.63, 3.8) is 0 Å². The second kappa shape index (κ2) is 10.3. The van der Waals surface area contributed by atoms with Gasteiger partial charge in [0, 0.05) is 45.8 Å². The minimum Gasteiger partial charge on any atom is -0.362 e. The third-order valence-corrected chi connectivity index (χ3v) is 7.72. The number of carbonyl (C=O) groups excluding carboxylic acids is 2. The number of dihydropyridines is 1. The number of anilines is 1. The Kier molecular flexibility index (Phi) is 6.98. The molecule has 7 heteroatoms. The number of benzene rings is 3. The fourth-order valence-corrected chi connectivity index (χ4v) is 5.62. The Hall–Kier alpha value is -3.71. The molecule has 0 spiro atoms. The van der Waals surface area contributed by atoms with Crippen LogP contribution in [0.2, 0.25) is 0 Å². The molecule has 0 bridgehead atoms. The van der Waals surface area contributed by atoms with Gasteiger partial charge in [0.1, 0.15) is 11.6 Å². The van der Waals surface area contributed by atoms with Crippen LogP contribution in [0.3, 0.4) is 0 Å². The van der Waals surface area contributed by atoms with Gasteiger partial charge < -0.3 is 10.6 Å². The number of halogens is 2. The number of rotatable bonds is 5. The van der Waals surface area contributed by atoms with Gasteiger partial charge in [-0.1, -0.05) is 42.5 Å². The van der Waals surface area contributed by atoms with Crippen LogP contribution in [0.4, 0.5) is 14.5 Å². The number of thioether (sulfide) groups is 1. The molecule has 2 unspecified atom stereocenters. The van der Waals surface area contributed by atoms with Crippen LogP contribution in [0.5, 0.6) is 0 Å². The number of allylic oxidation sites excluding steroid dienone is 3. The second-order valence-electron chi connectivity index (χ2n) is 9.28. The zero-order valence-electron chi connectivity index (χ0n) is 20.5. The summed E-state index contributed by atoms with van der Waals surface area (Å²) < 4.78 is 27.8. The molecular formula is C30H26F2N2O2S. The molecule has 1 heterocycles. The van der Waals surface area contributed by atoms with E-state index in [1.54, 1.807) is 18.7 Å². The maximum atomic E-state index is 14.4. The molecule has 5 rings (SSSR count). The minimum absolute atomic E-state index is 0.0210. The number of ketones is 1. The fourth-order valence-electron chi connectivity index (χ4n) is 5.21. The van der Waals surface area contributed by atoms with Gasteiger partial charge in [0.05, 0.1) is 5.69 Å². The third-order valence-electron chi connectivity index (χ3n) is 6.97. The predicted molar refractivity (Wildman–Crippen MR) is 142 cm³/mol. The normalized spacial score (nSPS) is 19.4. The standard InChI is InChI=1S/C30H26F2N2O2S/c1-17-27(30(36)34-24-13-10-21(31)16-23(24)32)28(19-8-11-22(37-2)12-9-19)29-25(33-17)14-20(15-26(29)35)18-6-4-3-5-7-18/h3-13,16,20,28,33H,14-15H2,1-2H3,(H,34,36). The van der Waals surface area contributed by atoms with Crippen LogP contribution in [0, 0.1) is 11.6 Å². The van der Waals surface area contributed by atoms with E-state index in [9.17, 15) is 18.4 Å². The Labute approximate surface area is 218 Å². The van der Waals surface area contributed by atoms with Gasteiger partial charge in [-0.25, -0.2) is 8.78 Å². The highest BCUT2D eigenvalue weighted by atomic mass is 32.2. The van der Waals surface area contributed by atoms with E-state index >= 15 is 0 Å². The SMILES string of the molecule is CSc1ccc(C2C(C(=O)Nc3ccc(F)cc3F)=C(C)NC3=C2C(=O)CC(c2ccccc2)C3)cc1. The van der Waals surface area contributed by atoms with Crippen LogP contribution in [0.1, 0.15) is 42.7 Å². The lowest BCUT2D eigenvalue weighted by Gasteiger charge is -2.37. The predicted octanol–water partition coefficient (Wildman–Crippen LogP) is 6.69. The van der Waals surface area contributed by atoms with Gasteiger partial charge in [0.2, 0.25) is 0 Å². The summed E-state index contributed by atoms with van der Waals surface area (Å²) in [5.74, 6) is -2.73. The van der Waals surface area contributed by atoms with Crippen molar-refractivity contribution in [3.05, 3.63) is 118 Å². The number of amides is 1. The summed E-state index contributed by atoms with van der Waals surface area (Å²) in [6, 6.07) is 20.8. The molecule has 0 radical (unpaired) electrons. The molecule has 37 heavy (non-hydrogen) atoms. The van der Waals surface area contributed by atoms with Crippen molar-refractivity contribution in [1.82, 2.24) is 5.32 Å². The van der Waals surface area contributed by atoms with Gasteiger partial charge in [-0.15, -0.1) is 11.8 Å². The van der Waals surface area contributed by atoms with Crippen LogP contribution in [-0.2, 0) is 9.59 Å². The molecule has 188 valence electrons. The van der Waals surface area contributed by atoms with Gasteiger partial charge in [-0.2, -0.15) is 0 Å². The Bertz CT molecular complexity index is 1430. The summed E-state index contributed by atoms with van der Waals surface area (Å²) in [4.78, 5) is 28.3. The molecule has 0 saturated carbocycles. The molecule has 0 fully saturated rings. The minimum atomic E-state index is -0.865. The summed E-state index contributed by atoms with van der Waals surface area (Å²) >= 11 is 1.60. The summed E-state index contributed by atoms with van der Waals surface area (Å²) in [5.41, 5.74) is 4.10. The Morgan fingerprint density at radius 2 is 1.70 bits per heavy atom. The first-order valence-corrected chi connectivity index (χ1v) is 13.3. The first kappa shape index (κ1) is 25.0. The summed E-state index contributed by atoms with van der Waals surface area (Å²) in [6.45, 7) is 1.79. The zero-order chi connectivity index (χ0) is 26.1. The lowest BCUT2D eigenvalue weighted by atomic mass is 9.71. The van der Waals surface area contributed by atoms with Crippen molar-refractivity contribution in [2.75, 3.05) is 11.6 Å². The van der Waals surface area contributed by atoms with E-state index in [0.717, 1.165) is 33.9 Å². The van der Waals surface area contributed by atoms with Crippen molar-refractivity contribution in [1.29, 1.82) is 0 Å². The highest BCUT2D eigenvalue weighted by molar-refractivity contribution is 7.98. The average molecular weight is 517 g/mol. The summed E-state index contributed by atoms with van der Waals surface area (Å²) in [6.07, 6.45) is 2.96. The average Bonchev–Trinajstić information content (AvgIpc) is 2.90. The summed E-state index contributed by atoms with van der Waals surface area (Å²) in [7, 11) is 0. The molecule has 3 aromatic carbocycles. The van der Waals surface area contributed by atoms with Gasteiger partial charge >= 0.3 is 0 Å². The third kappa shape index (κ3) is 4.96. The molecule has 1 aliphatic heterocycles. The number of hydrogen-bond acceptors (Lipinski definition) is 4. The Morgan fingerprint density at radius 3 is 2.38 bits per heavy atom. The van der Waals surface area contributed by atoms with Crippen LogP contribution in [0.25, 0.3) is 0 Å². The molecule has 0 saturated heterocycles. The second-order valence-corrected chi connectivity index (χ2v) is 10.2. The molecule has 1 aliphatic carbocycles. The van der Waals surface area contributed by atoms with E-state index in [2.05, 4.69) is 10.6 Å². The topological polar surface area (TPSA) is 58.2 Å². The molecular weight excluding hydrogens is 490 g/mol. The van der Waals surface area contributed by atoms with Gasteiger partial charge in [0.25, 0.3) is 5.91 Å². The van der Waals surface area contributed by atoms with Crippen LogP contribution >= 0.6 is 11.8 Å². The first-order chi connectivity index (χ1) is 17.9. The van der Waals surface area contributed by atoms with Crippen LogP contribution in [-0.4, -0.2) is 17.9 Å². The van der Waals surface area contributed by atoms with E-state index in [1.807, 2.05) is 60.9 Å². The highest BCUT2D eigenvalue weighted by Gasteiger charge is 2.41. The largest absolute Gasteiger partial charge is 0.362 e. The molecule has 4 nitrogen and oxygen atoms in total. The van der Waals surface area contributed by atoms with Crippen molar-refractivity contribution in [2.24, 2.45) is 0 Å². The van der Waals surface area contributed by atoms with Gasteiger partial charge in [-0.05, 0) is 60.9 Å². The molecule has 3 aromatic rings. The Balaban J connectivity index is 1.56. The smallest absolute Gasteiger partial charge is 0.254 e. The van der Waals surface area contributed by atoms with Crippen molar-refractivity contribution < 1.29 is 18.4 Å².